The van der Waals surface area contributed by atoms with Crippen molar-refractivity contribution in [2.24, 2.45) is 0 Å². The molecule has 50 valence electrons. The second kappa shape index (κ2) is 6.88. The zero-order valence-corrected chi connectivity index (χ0v) is 5.18. The van der Waals surface area contributed by atoms with Crippen LogP contribution in [-0.4, -0.2) is 11.8 Å². The van der Waals surface area contributed by atoms with Gasteiger partial charge in [0.15, 0.2) is 0 Å². The molecule has 0 rings (SSSR count). The van der Waals surface area contributed by atoms with E-state index in [4.69, 9.17) is 5.21 Å². The first-order valence-electron chi connectivity index (χ1n) is 2.92. The highest BCUT2D eigenvalue weighted by Crippen LogP contribution is 1.91. The van der Waals surface area contributed by atoms with Crippen molar-refractivity contribution >= 4 is 0 Å². The summed E-state index contributed by atoms with van der Waals surface area (Å²) in [4.78, 5) is 4.44. The van der Waals surface area contributed by atoms with Gasteiger partial charge in [0.05, 0.1) is 6.61 Å². The minimum atomic E-state index is 0.588. The molecule has 0 aliphatic rings. The van der Waals surface area contributed by atoms with Crippen LogP contribution in [0.25, 0.3) is 0 Å². The highest BCUT2D eigenvalue weighted by molar-refractivity contribution is 4.32. The molecule has 0 bridgehead atoms. The van der Waals surface area contributed by atoms with Crippen LogP contribution >= 0.6 is 0 Å². The summed E-state index contributed by atoms with van der Waals surface area (Å²) in [6.07, 6.45) is 3.33. The molecule has 8 heavy (non-hydrogen) atoms. The lowest BCUT2D eigenvalue weighted by Crippen LogP contribution is -2.08. The third-order valence-electron chi connectivity index (χ3n) is 0.915. The van der Waals surface area contributed by atoms with E-state index >= 15 is 0 Å². The van der Waals surface area contributed by atoms with E-state index in [2.05, 4.69) is 11.8 Å². The number of rotatable bonds is 5. The van der Waals surface area contributed by atoms with Gasteiger partial charge in [-0.2, -0.15) is 0 Å². The lowest BCUT2D eigenvalue weighted by Gasteiger charge is -1.96. The smallest absolute Gasteiger partial charge is 0.0709 e. The second-order valence-electron chi connectivity index (χ2n) is 1.65. The molecule has 0 aromatic carbocycles. The summed E-state index contributed by atoms with van der Waals surface area (Å²) < 4.78 is 0. The topological polar surface area (TPSA) is 41.5 Å². The van der Waals surface area contributed by atoms with Crippen LogP contribution in [0.3, 0.4) is 0 Å². The summed E-state index contributed by atoms with van der Waals surface area (Å²) in [6, 6.07) is 0. The van der Waals surface area contributed by atoms with Gasteiger partial charge in [-0.3, -0.25) is 10.0 Å². The third-order valence-corrected chi connectivity index (χ3v) is 0.915. The first kappa shape index (κ1) is 7.88. The summed E-state index contributed by atoms with van der Waals surface area (Å²) in [5.41, 5.74) is 1.63. The summed E-state index contributed by atoms with van der Waals surface area (Å²) in [5.74, 6) is 0. The van der Waals surface area contributed by atoms with Crippen molar-refractivity contribution in [2.75, 3.05) is 6.61 Å². The third kappa shape index (κ3) is 5.88. The van der Waals surface area contributed by atoms with E-state index in [-0.39, 0.29) is 0 Å². The molecule has 0 fully saturated rings. The Morgan fingerprint density at radius 2 is 2.25 bits per heavy atom. The van der Waals surface area contributed by atoms with Crippen molar-refractivity contribution in [1.29, 1.82) is 0 Å². The van der Waals surface area contributed by atoms with Crippen LogP contribution in [0.1, 0.15) is 26.2 Å². The average Bonchev–Trinajstić information content (AvgIpc) is 1.81. The predicted octanol–water partition coefficient (Wildman–Crippen LogP) is 1.09. The van der Waals surface area contributed by atoms with Gasteiger partial charge in [-0.05, 0) is 6.42 Å². The van der Waals surface area contributed by atoms with Crippen LogP contribution < -0.4 is 5.64 Å². The predicted molar refractivity (Wildman–Crippen MR) is 30.4 cm³/mol. The molecule has 0 amide bonds. The van der Waals surface area contributed by atoms with Gasteiger partial charge in [0.2, 0.25) is 0 Å². The van der Waals surface area contributed by atoms with Gasteiger partial charge in [-0.15, -0.1) is 0 Å². The van der Waals surface area contributed by atoms with Crippen molar-refractivity contribution in [1.82, 2.24) is 5.64 Å². The normalized spacial score (nSPS) is 9.75. The Morgan fingerprint density at radius 3 is 2.75 bits per heavy atom. The summed E-state index contributed by atoms with van der Waals surface area (Å²) in [7, 11) is 0. The lowest BCUT2D eigenvalue weighted by molar-refractivity contribution is -0.127. The van der Waals surface area contributed by atoms with Crippen LogP contribution in [0, 0.1) is 0 Å². The highest BCUT2D eigenvalue weighted by Gasteiger charge is 1.83. The molecule has 3 nitrogen and oxygen atoms in total. The summed E-state index contributed by atoms with van der Waals surface area (Å²) >= 11 is 0. The molecule has 0 aliphatic heterocycles. The maximum absolute atomic E-state index is 7.89. The molecule has 0 saturated heterocycles. The Bertz CT molecular complexity index is 35.4. The van der Waals surface area contributed by atoms with Gasteiger partial charge in [0.1, 0.15) is 0 Å². The zero-order chi connectivity index (χ0) is 6.24. The van der Waals surface area contributed by atoms with Gasteiger partial charge < -0.3 is 0 Å². The fraction of sp³-hybridized carbons (Fsp3) is 1.00. The fourth-order valence-corrected chi connectivity index (χ4v) is 0.470. The molecular formula is C5H13NO2. The Kier molecular flexibility index (Phi) is 6.78. The quantitative estimate of drug-likeness (QED) is 0.420. The van der Waals surface area contributed by atoms with Crippen molar-refractivity contribution in [2.45, 2.75) is 26.2 Å². The van der Waals surface area contributed by atoms with Gasteiger partial charge in [0.25, 0.3) is 0 Å². The maximum Gasteiger partial charge on any atom is 0.0709 e. The molecule has 0 radical (unpaired) electrons. The minimum Gasteiger partial charge on any atom is -0.292 e. The first-order chi connectivity index (χ1) is 3.91. The number of nitrogens with one attached hydrogen (secondary N) is 1. The molecule has 0 unspecified atom stereocenters. The standard InChI is InChI=1S/C5H13NO2/c1-2-3-4-5-8-6-7/h6-7H,2-5H2,1H3. The minimum absolute atomic E-state index is 0.588. The van der Waals surface area contributed by atoms with Crippen molar-refractivity contribution in [3.63, 3.8) is 0 Å². The second-order valence-corrected chi connectivity index (χ2v) is 1.65. The summed E-state index contributed by atoms with van der Waals surface area (Å²) in [6.45, 7) is 2.71. The van der Waals surface area contributed by atoms with E-state index in [1.165, 1.54) is 6.42 Å². The Labute approximate surface area is 49.6 Å². The van der Waals surface area contributed by atoms with E-state index < -0.39 is 0 Å². The van der Waals surface area contributed by atoms with Gasteiger partial charge in [-0.25, -0.2) is 0 Å². The van der Waals surface area contributed by atoms with Crippen LogP contribution in [-0.2, 0) is 4.84 Å². The summed E-state index contributed by atoms with van der Waals surface area (Å²) in [5, 5.41) is 7.89. The van der Waals surface area contributed by atoms with Crippen LogP contribution in [0.15, 0.2) is 0 Å². The molecule has 0 saturated carbocycles. The van der Waals surface area contributed by atoms with Crippen molar-refractivity contribution in [3.8, 4) is 0 Å². The average molecular weight is 119 g/mol. The van der Waals surface area contributed by atoms with E-state index in [1.807, 2.05) is 0 Å². The van der Waals surface area contributed by atoms with Crippen LogP contribution in [0.4, 0.5) is 0 Å². The number of hydrogen-bond acceptors (Lipinski definition) is 3. The van der Waals surface area contributed by atoms with Gasteiger partial charge in [0, 0.05) is 0 Å². The highest BCUT2D eigenvalue weighted by atomic mass is 16.8. The Hall–Kier alpha value is -0.120. The van der Waals surface area contributed by atoms with Gasteiger partial charge in [-0.1, -0.05) is 25.4 Å². The molecule has 0 atom stereocenters. The molecule has 0 aromatic rings. The molecule has 3 heteroatoms. The van der Waals surface area contributed by atoms with Crippen LogP contribution in [0.5, 0.6) is 0 Å². The molecular weight excluding hydrogens is 106 g/mol. The Balaban J connectivity index is 2.53. The SMILES string of the molecule is CCCCCONO. The number of unbranched alkanes of at least 4 members (excludes halogenated alkanes) is 2. The van der Waals surface area contributed by atoms with Gasteiger partial charge >= 0.3 is 0 Å². The zero-order valence-electron chi connectivity index (χ0n) is 5.18. The monoisotopic (exact) mass is 119 g/mol. The first-order valence-corrected chi connectivity index (χ1v) is 2.92. The van der Waals surface area contributed by atoms with E-state index in [0.717, 1.165) is 12.8 Å². The lowest BCUT2D eigenvalue weighted by atomic mass is 10.3. The maximum atomic E-state index is 7.89. The molecule has 0 heterocycles. The number of hydrogen-bond donors (Lipinski definition) is 2. The largest absolute Gasteiger partial charge is 0.292 e. The van der Waals surface area contributed by atoms with E-state index in [0.29, 0.717) is 6.61 Å². The molecule has 0 spiro atoms. The van der Waals surface area contributed by atoms with E-state index in [9.17, 15) is 0 Å². The Morgan fingerprint density at radius 1 is 1.50 bits per heavy atom. The van der Waals surface area contributed by atoms with E-state index in [1.54, 1.807) is 5.64 Å². The molecule has 0 aromatic heterocycles. The van der Waals surface area contributed by atoms with Crippen LogP contribution in [0.2, 0.25) is 0 Å². The molecule has 0 aliphatic carbocycles. The fourth-order valence-electron chi connectivity index (χ4n) is 0.470. The van der Waals surface area contributed by atoms with Crippen molar-refractivity contribution in [3.05, 3.63) is 0 Å². The van der Waals surface area contributed by atoms with Crippen molar-refractivity contribution < 1.29 is 10.0 Å². The molecule has 2 N–H and O–H groups in total.